The Labute approximate surface area is 189 Å². The first-order valence-electron chi connectivity index (χ1n) is 11.1. The number of rotatable bonds is 7. The van der Waals surface area contributed by atoms with Crippen LogP contribution in [0.3, 0.4) is 0 Å². The van der Waals surface area contributed by atoms with Gasteiger partial charge in [0, 0.05) is 23.8 Å². The molecule has 1 aliphatic rings. The summed E-state index contributed by atoms with van der Waals surface area (Å²) in [4.78, 5) is 13.9. The number of imidazole rings is 1. The van der Waals surface area contributed by atoms with Crippen LogP contribution in [-0.4, -0.2) is 38.0 Å². The largest absolute Gasteiger partial charge is 0.573 e. The number of hydrogen-bond acceptors (Lipinski definition) is 7. The Balaban J connectivity index is 1.63. The van der Waals surface area contributed by atoms with Crippen LogP contribution < -0.4 is 21.1 Å². The lowest BCUT2D eigenvalue weighted by atomic mass is 9.92. The smallest absolute Gasteiger partial charge is 0.406 e. The quantitative estimate of drug-likeness (QED) is 0.447. The van der Waals surface area contributed by atoms with Crippen molar-refractivity contribution in [2.45, 2.75) is 70.4 Å². The highest BCUT2D eigenvalue weighted by atomic mass is 19.4. The number of nitrogens with one attached hydrogen (secondary N) is 2. The minimum Gasteiger partial charge on any atom is -0.406 e. The first-order valence-corrected chi connectivity index (χ1v) is 11.1. The molecule has 0 amide bonds. The standard InChI is InChI=1S/C22H28F3N7O/c1-3-13(2)32-12-27-18-19(28-15-8-10-17(11-9-15)33-22(23,24)25)30-21(31-20(18)32)29-16-6-4-14(26)5-7-16/h8-14,16H,3-7,26H2,1-2H3,(H2,28,29,30,31)/t13?,14-,16-. The maximum atomic E-state index is 12.4. The molecule has 4 N–H and O–H groups in total. The number of fused-ring (bicyclic) bond motifs is 1. The van der Waals surface area contributed by atoms with Crippen molar-refractivity contribution in [2.24, 2.45) is 5.73 Å². The van der Waals surface area contributed by atoms with Crippen molar-refractivity contribution in [1.29, 1.82) is 0 Å². The fourth-order valence-electron chi connectivity index (χ4n) is 3.91. The highest BCUT2D eigenvalue weighted by Gasteiger charge is 2.31. The van der Waals surface area contributed by atoms with E-state index in [0.29, 0.717) is 28.6 Å². The molecule has 0 radical (unpaired) electrons. The third kappa shape index (κ3) is 5.65. The number of nitrogens with two attached hydrogens (primary N) is 1. The lowest BCUT2D eigenvalue weighted by molar-refractivity contribution is -0.274. The number of ether oxygens (including phenoxy) is 1. The minimum atomic E-state index is -4.74. The molecule has 4 rings (SSSR count). The fourth-order valence-corrected chi connectivity index (χ4v) is 3.91. The van der Waals surface area contributed by atoms with Crippen molar-refractivity contribution >= 4 is 28.6 Å². The van der Waals surface area contributed by atoms with E-state index < -0.39 is 6.36 Å². The van der Waals surface area contributed by atoms with E-state index in [9.17, 15) is 13.2 Å². The number of benzene rings is 1. The van der Waals surface area contributed by atoms with Crippen LogP contribution in [0.1, 0.15) is 52.0 Å². The first-order chi connectivity index (χ1) is 15.7. The van der Waals surface area contributed by atoms with Crippen molar-refractivity contribution in [3.05, 3.63) is 30.6 Å². The summed E-state index contributed by atoms with van der Waals surface area (Å²) < 4.78 is 43.3. The third-order valence-electron chi connectivity index (χ3n) is 5.94. The average Bonchev–Trinajstić information content (AvgIpc) is 3.19. The van der Waals surface area contributed by atoms with Crippen LogP contribution in [0, 0.1) is 0 Å². The Morgan fingerprint density at radius 1 is 1.15 bits per heavy atom. The third-order valence-corrected chi connectivity index (χ3v) is 5.94. The summed E-state index contributed by atoms with van der Waals surface area (Å²) >= 11 is 0. The monoisotopic (exact) mass is 463 g/mol. The maximum absolute atomic E-state index is 12.4. The number of aromatic nitrogens is 4. The van der Waals surface area contributed by atoms with E-state index in [1.165, 1.54) is 24.3 Å². The molecule has 1 fully saturated rings. The van der Waals surface area contributed by atoms with Crippen molar-refractivity contribution < 1.29 is 17.9 Å². The molecule has 33 heavy (non-hydrogen) atoms. The normalized spacial score (nSPS) is 19.9. The van der Waals surface area contributed by atoms with Gasteiger partial charge in [0.25, 0.3) is 0 Å². The van der Waals surface area contributed by atoms with Gasteiger partial charge in [-0.2, -0.15) is 9.97 Å². The summed E-state index contributed by atoms with van der Waals surface area (Å²) in [5, 5.41) is 6.59. The van der Waals surface area contributed by atoms with Crippen LogP contribution in [0.4, 0.5) is 30.6 Å². The Kier molecular flexibility index (Phi) is 6.59. The Morgan fingerprint density at radius 2 is 1.85 bits per heavy atom. The van der Waals surface area contributed by atoms with Gasteiger partial charge in [0.1, 0.15) is 5.75 Å². The summed E-state index contributed by atoms with van der Waals surface area (Å²) in [5.41, 5.74) is 7.85. The Morgan fingerprint density at radius 3 is 2.48 bits per heavy atom. The number of nitrogens with zero attached hydrogens (tertiary/aromatic N) is 4. The lowest BCUT2D eigenvalue weighted by Gasteiger charge is -2.27. The minimum absolute atomic E-state index is 0.192. The molecule has 1 saturated carbocycles. The van der Waals surface area contributed by atoms with Gasteiger partial charge < -0.3 is 25.7 Å². The molecule has 1 unspecified atom stereocenters. The van der Waals surface area contributed by atoms with Gasteiger partial charge in [0.2, 0.25) is 5.95 Å². The van der Waals surface area contributed by atoms with Gasteiger partial charge in [-0.15, -0.1) is 13.2 Å². The van der Waals surface area contributed by atoms with Crippen LogP contribution in [0.5, 0.6) is 5.75 Å². The summed E-state index contributed by atoms with van der Waals surface area (Å²) in [6.45, 7) is 4.18. The molecule has 178 valence electrons. The van der Waals surface area contributed by atoms with E-state index in [2.05, 4.69) is 39.2 Å². The highest BCUT2D eigenvalue weighted by Crippen LogP contribution is 2.30. The second kappa shape index (κ2) is 9.42. The number of alkyl halides is 3. The Hall–Kier alpha value is -3.08. The van der Waals surface area contributed by atoms with Gasteiger partial charge in [0.15, 0.2) is 17.0 Å². The molecule has 1 aromatic carbocycles. The van der Waals surface area contributed by atoms with Gasteiger partial charge in [-0.3, -0.25) is 0 Å². The van der Waals surface area contributed by atoms with E-state index in [4.69, 9.17) is 10.7 Å². The predicted molar refractivity (Wildman–Crippen MR) is 121 cm³/mol. The zero-order chi connectivity index (χ0) is 23.6. The molecule has 8 nitrogen and oxygen atoms in total. The van der Waals surface area contributed by atoms with Crippen LogP contribution in [0.2, 0.25) is 0 Å². The topological polar surface area (TPSA) is 103 Å². The van der Waals surface area contributed by atoms with Crippen molar-refractivity contribution in [2.75, 3.05) is 10.6 Å². The molecular weight excluding hydrogens is 435 g/mol. The van der Waals surface area contributed by atoms with Gasteiger partial charge >= 0.3 is 6.36 Å². The zero-order valence-corrected chi connectivity index (χ0v) is 18.6. The summed E-state index contributed by atoms with van der Waals surface area (Å²) in [6, 6.07) is 6.14. The van der Waals surface area contributed by atoms with Crippen molar-refractivity contribution in [1.82, 2.24) is 19.5 Å². The molecule has 0 saturated heterocycles. The van der Waals surface area contributed by atoms with Crippen LogP contribution in [0.25, 0.3) is 11.2 Å². The SMILES string of the molecule is CCC(C)n1cnc2c(Nc3ccc(OC(F)(F)F)cc3)nc(N[C@H]3CC[C@H](N)CC3)nc21. The van der Waals surface area contributed by atoms with E-state index in [1.54, 1.807) is 6.33 Å². The number of hydrogen-bond donors (Lipinski definition) is 3. The fraction of sp³-hybridized carbons (Fsp3) is 0.500. The molecule has 3 aromatic rings. The predicted octanol–water partition coefficient (Wildman–Crippen LogP) is 5.12. The van der Waals surface area contributed by atoms with E-state index in [0.717, 1.165) is 32.1 Å². The molecule has 11 heteroatoms. The molecule has 0 spiro atoms. The average molecular weight is 464 g/mol. The van der Waals surface area contributed by atoms with Gasteiger partial charge in [-0.05, 0) is 63.3 Å². The Bertz CT molecular complexity index is 1080. The van der Waals surface area contributed by atoms with Gasteiger partial charge in [0.05, 0.1) is 6.33 Å². The van der Waals surface area contributed by atoms with Gasteiger partial charge in [-0.25, -0.2) is 4.98 Å². The molecule has 0 aliphatic heterocycles. The first kappa shape index (κ1) is 23.1. The summed E-state index contributed by atoms with van der Waals surface area (Å²) in [7, 11) is 0. The van der Waals surface area contributed by atoms with Crippen LogP contribution in [0.15, 0.2) is 30.6 Å². The number of anilines is 3. The van der Waals surface area contributed by atoms with E-state index in [1.807, 2.05) is 4.57 Å². The highest BCUT2D eigenvalue weighted by molar-refractivity contribution is 5.86. The molecule has 1 atom stereocenters. The second-order valence-corrected chi connectivity index (χ2v) is 8.43. The summed E-state index contributed by atoms with van der Waals surface area (Å²) in [6.07, 6.45) is 1.68. The molecule has 0 bridgehead atoms. The maximum Gasteiger partial charge on any atom is 0.573 e. The van der Waals surface area contributed by atoms with Crippen LogP contribution >= 0.6 is 0 Å². The van der Waals surface area contributed by atoms with E-state index in [-0.39, 0.29) is 23.9 Å². The molecular formula is C22H28F3N7O. The number of halogens is 3. The van der Waals surface area contributed by atoms with Gasteiger partial charge in [-0.1, -0.05) is 6.92 Å². The zero-order valence-electron chi connectivity index (χ0n) is 18.6. The lowest BCUT2D eigenvalue weighted by Crippen LogP contribution is -2.33. The van der Waals surface area contributed by atoms with Crippen LogP contribution in [-0.2, 0) is 0 Å². The molecule has 2 aromatic heterocycles. The second-order valence-electron chi connectivity index (χ2n) is 8.43. The van der Waals surface area contributed by atoms with Crippen molar-refractivity contribution in [3.63, 3.8) is 0 Å². The summed E-state index contributed by atoms with van der Waals surface area (Å²) in [5.74, 6) is 0.661. The molecule has 1 aliphatic carbocycles. The molecule has 2 heterocycles. The van der Waals surface area contributed by atoms with E-state index >= 15 is 0 Å². The van der Waals surface area contributed by atoms with Crippen molar-refractivity contribution in [3.8, 4) is 5.75 Å².